The van der Waals surface area contributed by atoms with Crippen molar-refractivity contribution in [1.29, 1.82) is 0 Å². The van der Waals surface area contributed by atoms with Crippen molar-refractivity contribution >= 4 is 22.4 Å². The van der Waals surface area contributed by atoms with E-state index in [1.54, 1.807) is 0 Å². The van der Waals surface area contributed by atoms with E-state index in [1.165, 1.54) is 5.56 Å². The van der Waals surface area contributed by atoms with Crippen LogP contribution in [0.3, 0.4) is 0 Å². The molecule has 3 rings (SSSR count). The van der Waals surface area contributed by atoms with Gasteiger partial charge in [0.1, 0.15) is 0 Å². The minimum Gasteiger partial charge on any atom is -0.311 e. The number of carbonyl (C=O) groups excluding carboxylic acids is 1. The van der Waals surface area contributed by atoms with E-state index in [0.29, 0.717) is 12.5 Å². The molecule has 1 aromatic rings. The predicted octanol–water partition coefficient (Wildman–Crippen LogP) is 1.60. The highest BCUT2D eigenvalue weighted by molar-refractivity contribution is 7.85. The third-order valence-corrected chi connectivity index (χ3v) is 5.71. The molecular weight excluding hydrogens is 284 g/mol. The highest BCUT2D eigenvalue weighted by atomic mass is 32.2. The normalized spacial score (nSPS) is 29.9. The van der Waals surface area contributed by atoms with E-state index in [-0.39, 0.29) is 11.9 Å². The lowest BCUT2D eigenvalue weighted by atomic mass is 10.1. The number of hydrogen-bond acceptors (Lipinski definition) is 3. The van der Waals surface area contributed by atoms with Crippen LogP contribution in [0.4, 0.5) is 5.69 Å². The van der Waals surface area contributed by atoms with Gasteiger partial charge in [0.15, 0.2) is 0 Å². The Labute approximate surface area is 128 Å². The zero-order chi connectivity index (χ0) is 14.8. The Bertz CT molecular complexity index is 534. The van der Waals surface area contributed by atoms with Gasteiger partial charge in [0.2, 0.25) is 5.91 Å². The summed E-state index contributed by atoms with van der Waals surface area (Å²) in [6.07, 6.45) is 2.48. The number of nitrogens with zero attached hydrogens (tertiary/aromatic N) is 1. The zero-order valence-electron chi connectivity index (χ0n) is 12.4. The number of carbonyl (C=O) groups is 1. The van der Waals surface area contributed by atoms with E-state index in [0.717, 1.165) is 36.6 Å². The zero-order valence-corrected chi connectivity index (χ0v) is 13.2. The Morgan fingerprint density at radius 2 is 1.81 bits per heavy atom. The van der Waals surface area contributed by atoms with Gasteiger partial charge < -0.3 is 10.2 Å². The number of benzene rings is 1. The summed E-state index contributed by atoms with van der Waals surface area (Å²) in [5.41, 5.74) is 2.19. The summed E-state index contributed by atoms with van der Waals surface area (Å²) >= 11 is 0. The number of aryl methyl sites for hydroxylation is 1. The van der Waals surface area contributed by atoms with Crippen LogP contribution in [-0.2, 0) is 15.6 Å². The second kappa shape index (κ2) is 6.28. The van der Waals surface area contributed by atoms with Crippen LogP contribution in [0.15, 0.2) is 24.3 Å². The van der Waals surface area contributed by atoms with Gasteiger partial charge in [-0.25, -0.2) is 0 Å². The topological polar surface area (TPSA) is 49.4 Å². The monoisotopic (exact) mass is 306 g/mol. The molecule has 5 heteroatoms. The molecular formula is C16H22N2O2S. The van der Waals surface area contributed by atoms with Crippen LogP contribution in [0, 0.1) is 6.92 Å². The molecule has 21 heavy (non-hydrogen) atoms. The molecule has 1 amide bonds. The SMILES string of the molecule is Cc1ccc(N2CC(NC3CCS(=O)CC3)CC2=O)cc1. The Morgan fingerprint density at radius 1 is 1.14 bits per heavy atom. The van der Waals surface area contributed by atoms with Gasteiger partial charge in [-0.2, -0.15) is 0 Å². The predicted molar refractivity (Wildman–Crippen MR) is 86.0 cm³/mol. The minimum absolute atomic E-state index is 0.190. The molecule has 1 atom stereocenters. The summed E-state index contributed by atoms with van der Waals surface area (Å²) in [6.45, 7) is 2.79. The first kappa shape index (κ1) is 14.7. The smallest absolute Gasteiger partial charge is 0.228 e. The Hall–Kier alpha value is -1.20. The van der Waals surface area contributed by atoms with Crippen molar-refractivity contribution in [2.75, 3.05) is 23.0 Å². The van der Waals surface area contributed by atoms with Gasteiger partial charge in [-0.05, 0) is 31.9 Å². The Morgan fingerprint density at radius 3 is 2.48 bits per heavy atom. The van der Waals surface area contributed by atoms with Crippen molar-refractivity contribution in [3.63, 3.8) is 0 Å². The fraction of sp³-hybridized carbons (Fsp3) is 0.562. The molecule has 2 saturated heterocycles. The largest absolute Gasteiger partial charge is 0.311 e. The van der Waals surface area contributed by atoms with Gasteiger partial charge in [-0.1, -0.05) is 17.7 Å². The highest BCUT2D eigenvalue weighted by Gasteiger charge is 2.32. The maximum atomic E-state index is 12.2. The first-order valence-electron chi connectivity index (χ1n) is 7.60. The van der Waals surface area contributed by atoms with Crippen LogP contribution in [0.5, 0.6) is 0 Å². The van der Waals surface area contributed by atoms with E-state index in [9.17, 15) is 9.00 Å². The molecule has 0 aromatic heterocycles. The van der Waals surface area contributed by atoms with Gasteiger partial charge in [0.25, 0.3) is 0 Å². The molecule has 2 aliphatic heterocycles. The van der Waals surface area contributed by atoms with Crippen LogP contribution in [0.1, 0.15) is 24.8 Å². The third kappa shape index (κ3) is 3.52. The summed E-state index contributed by atoms with van der Waals surface area (Å²) < 4.78 is 11.4. The van der Waals surface area contributed by atoms with E-state index in [4.69, 9.17) is 0 Å². The summed E-state index contributed by atoms with van der Waals surface area (Å²) in [6, 6.07) is 8.74. The first-order chi connectivity index (χ1) is 10.1. The number of anilines is 1. The molecule has 0 spiro atoms. The Balaban J connectivity index is 1.59. The number of nitrogens with one attached hydrogen (secondary N) is 1. The summed E-state index contributed by atoms with van der Waals surface area (Å²) in [5, 5.41) is 3.58. The van der Waals surface area contributed by atoms with Crippen molar-refractivity contribution in [2.24, 2.45) is 0 Å². The van der Waals surface area contributed by atoms with Crippen molar-refractivity contribution in [3.05, 3.63) is 29.8 Å². The van der Waals surface area contributed by atoms with Crippen molar-refractivity contribution < 1.29 is 9.00 Å². The number of amides is 1. The molecule has 4 nitrogen and oxygen atoms in total. The molecule has 0 aliphatic carbocycles. The van der Waals surface area contributed by atoms with E-state index in [1.807, 2.05) is 36.1 Å². The first-order valence-corrected chi connectivity index (χ1v) is 9.08. The fourth-order valence-corrected chi connectivity index (χ4v) is 4.39. The van der Waals surface area contributed by atoms with Crippen LogP contribution in [0.2, 0.25) is 0 Å². The van der Waals surface area contributed by atoms with Crippen molar-refractivity contribution in [2.45, 2.75) is 38.3 Å². The van der Waals surface area contributed by atoms with Crippen LogP contribution < -0.4 is 10.2 Å². The van der Waals surface area contributed by atoms with Gasteiger partial charge in [-0.15, -0.1) is 0 Å². The fourth-order valence-electron chi connectivity index (χ4n) is 3.09. The quantitative estimate of drug-likeness (QED) is 0.923. The number of rotatable bonds is 3. The second-order valence-corrected chi connectivity index (χ2v) is 7.73. The van der Waals surface area contributed by atoms with Crippen molar-refractivity contribution in [1.82, 2.24) is 5.32 Å². The van der Waals surface area contributed by atoms with Crippen LogP contribution in [0.25, 0.3) is 0 Å². The summed E-state index contributed by atoms with van der Waals surface area (Å²) in [7, 11) is -0.627. The lowest BCUT2D eigenvalue weighted by molar-refractivity contribution is -0.117. The van der Waals surface area contributed by atoms with Crippen molar-refractivity contribution in [3.8, 4) is 0 Å². The molecule has 1 unspecified atom stereocenters. The van der Waals surface area contributed by atoms with E-state index >= 15 is 0 Å². The molecule has 0 saturated carbocycles. The molecule has 114 valence electrons. The lowest BCUT2D eigenvalue weighted by Crippen LogP contribution is -2.43. The van der Waals surface area contributed by atoms with Gasteiger partial charge >= 0.3 is 0 Å². The molecule has 1 N–H and O–H groups in total. The third-order valence-electron chi connectivity index (χ3n) is 4.33. The lowest BCUT2D eigenvalue weighted by Gasteiger charge is -2.26. The molecule has 1 aromatic carbocycles. The maximum absolute atomic E-state index is 12.2. The Kier molecular flexibility index (Phi) is 4.40. The summed E-state index contributed by atoms with van der Waals surface area (Å²) in [5.74, 6) is 1.77. The van der Waals surface area contributed by atoms with E-state index < -0.39 is 10.8 Å². The molecule has 2 heterocycles. The maximum Gasteiger partial charge on any atom is 0.228 e. The average molecular weight is 306 g/mol. The minimum atomic E-state index is -0.627. The summed E-state index contributed by atoms with van der Waals surface area (Å²) in [4.78, 5) is 14.1. The number of hydrogen-bond donors (Lipinski definition) is 1. The average Bonchev–Trinajstić information content (AvgIpc) is 2.83. The second-order valence-electron chi connectivity index (χ2n) is 6.03. The van der Waals surface area contributed by atoms with E-state index in [2.05, 4.69) is 5.32 Å². The molecule has 2 fully saturated rings. The highest BCUT2D eigenvalue weighted by Crippen LogP contribution is 2.23. The van der Waals surface area contributed by atoms with Gasteiger partial charge in [0, 0.05) is 53.0 Å². The molecule has 2 aliphatic rings. The standard InChI is InChI=1S/C16H22N2O2S/c1-12-2-4-15(5-3-12)18-11-14(10-16(18)19)17-13-6-8-21(20)9-7-13/h2-5,13-14,17H,6-11H2,1H3. The van der Waals surface area contributed by atoms with Crippen LogP contribution in [-0.4, -0.2) is 40.3 Å². The van der Waals surface area contributed by atoms with Gasteiger partial charge in [-0.3, -0.25) is 9.00 Å². The van der Waals surface area contributed by atoms with Gasteiger partial charge in [0.05, 0.1) is 0 Å². The molecule has 0 bridgehead atoms. The molecule has 0 radical (unpaired) electrons. The van der Waals surface area contributed by atoms with Crippen LogP contribution >= 0.6 is 0 Å².